The first-order valence-electron chi connectivity index (χ1n) is 6.86. The van der Waals surface area contributed by atoms with Crippen molar-refractivity contribution in [2.75, 3.05) is 13.7 Å². The van der Waals surface area contributed by atoms with Gasteiger partial charge in [0.15, 0.2) is 6.61 Å². The molecule has 1 heterocycles. The molecule has 0 saturated heterocycles. The molecule has 0 unspecified atom stereocenters. The summed E-state index contributed by atoms with van der Waals surface area (Å²) in [7, 11) is 1.70. The van der Waals surface area contributed by atoms with Crippen molar-refractivity contribution in [3.8, 4) is 5.75 Å². The fourth-order valence-corrected chi connectivity index (χ4v) is 3.03. The Balaban J connectivity index is 1.82. The van der Waals surface area contributed by atoms with Crippen molar-refractivity contribution in [1.29, 1.82) is 0 Å². The van der Waals surface area contributed by atoms with Gasteiger partial charge in [-0.25, -0.2) is 0 Å². The molecule has 0 saturated carbocycles. The summed E-state index contributed by atoms with van der Waals surface area (Å²) >= 11 is 7.30. The van der Waals surface area contributed by atoms with Crippen molar-refractivity contribution in [1.82, 2.24) is 4.90 Å². The van der Waals surface area contributed by atoms with E-state index < -0.39 is 5.97 Å². The molecule has 0 spiro atoms. The maximum absolute atomic E-state index is 12.0. The minimum Gasteiger partial charge on any atom is -0.484 e. The third-order valence-electron chi connectivity index (χ3n) is 3.09. The van der Waals surface area contributed by atoms with Gasteiger partial charge >= 0.3 is 5.97 Å². The standard InChI is InChI=1S/C16H16ClNO4S/c1-18(9-13-6-7-14(17)23-13)15(19)10-22-12-4-2-11(3-5-12)8-16(20)21/h2-7H,8-10H2,1H3,(H,20,21). The SMILES string of the molecule is CN(Cc1ccc(Cl)s1)C(=O)COc1ccc(CC(=O)O)cc1. The van der Waals surface area contributed by atoms with E-state index in [0.717, 1.165) is 4.88 Å². The van der Waals surface area contributed by atoms with Crippen molar-refractivity contribution in [3.63, 3.8) is 0 Å². The Morgan fingerprint density at radius 2 is 1.91 bits per heavy atom. The Morgan fingerprint density at radius 3 is 2.48 bits per heavy atom. The number of carboxylic acids is 1. The zero-order valence-corrected chi connectivity index (χ0v) is 14.1. The van der Waals surface area contributed by atoms with Gasteiger partial charge < -0.3 is 14.7 Å². The molecular formula is C16H16ClNO4S. The van der Waals surface area contributed by atoms with Crippen LogP contribution in [-0.2, 0) is 22.6 Å². The number of rotatable bonds is 7. The Morgan fingerprint density at radius 1 is 1.22 bits per heavy atom. The van der Waals surface area contributed by atoms with Crippen LogP contribution < -0.4 is 4.74 Å². The molecule has 0 radical (unpaired) electrons. The molecule has 0 aliphatic heterocycles. The van der Waals surface area contributed by atoms with E-state index in [2.05, 4.69) is 0 Å². The van der Waals surface area contributed by atoms with Crippen LogP contribution in [0.3, 0.4) is 0 Å². The number of hydrogen-bond acceptors (Lipinski definition) is 4. The molecule has 1 amide bonds. The summed E-state index contributed by atoms with van der Waals surface area (Å²) in [6.07, 6.45) is -0.0364. The van der Waals surface area contributed by atoms with Gasteiger partial charge in [-0.1, -0.05) is 23.7 Å². The summed E-state index contributed by atoms with van der Waals surface area (Å²) in [6, 6.07) is 10.3. The van der Waals surface area contributed by atoms with Crippen LogP contribution in [0.2, 0.25) is 4.34 Å². The van der Waals surface area contributed by atoms with E-state index in [1.807, 2.05) is 6.07 Å². The number of amides is 1. The summed E-state index contributed by atoms with van der Waals surface area (Å²) in [5, 5.41) is 8.71. The molecule has 1 N–H and O–H groups in total. The van der Waals surface area contributed by atoms with Crippen LogP contribution in [0, 0.1) is 0 Å². The highest BCUT2D eigenvalue weighted by molar-refractivity contribution is 7.16. The van der Waals surface area contributed by atoms with Gasteiger partial charge in [-0.15, -0.1) is 11.3 Å². The van der Waals surface area contributed by atoms with Gasteiger partial charge in [0.05, 0.1) is 17.3 Å². The predicted octanol–water partition coefficient (Wildman–Crippen LogP) is 3.07. The average molecular weight is 354 g/mol. The zero-order valence-electron chi connectivity index (χ0n) is 12.5. The van der Waals surface area contributed by atoms with E-state index in [1.54, 1.807) is 42.3 Å². The number of halogens is 1. The Bertz CT molecular complexity index is 684. The molecular weight excluding hydrogens is 338 g/mol. The lowest BCUT2D eigenvalue weighted by molar-refractivity contribution is -0.136. The van der Waals surface area contributed by atoms with Crippen molar-refractivity contribution >= 4 is 34.8 Å². The predicted molar refractivity (Wildman–Crippen MR) is 89.1 cm³/mol. The van der Waals surface area contributed by atoms with E-state index in [0.29, 0.717) is 22.2 Å². The van der Waals surface area contributed by atoms with Gasteiger partial charge in [0, 0.05) is 11.9 Å². The molecule has 1 aromatic carbocycles. The molecule has 2 rings (SSSR count). The largest absolute Gasteiger partial charge is 0.484 e. The van der Waals surface area contributed by atoms with Gasteiger partial charge in [-0.3, -0.25) is 9.59 Å². The zero-order chi connectivity index (χ0) is 16.8. The monoisotopic (exact) mass is 353 g/mol. The first-order chi connectivity index (χ1) is 10.9. The van der Waals surface area contributed by atoms with Crippen molar-refractivity contribution in [3.05, 3.63) is 51.2 Å². The maximum Gasteiger partial charge on any atom is 0.307 e. The first kappa shape index (κ1) is 17.3. The first-order valence-corrected chi connectivity index (χ1v) is 8.05. The number of thiophene rings is 1. The van der Waals surface area contributed by atoms with Crippen LogP contribution in [0.25, 0.3) is 0 Å². The highest BCUT2D eigenvalue weighted by Crippen LogP contribution is 2.22. The van der Waals surface area contributed by atoms with Crippen molar-refractivity contribution in [2.45, 2.75) is 13.0 Å². The van der Waals surface area contributed by atoms with Crippen molar-refractivity contribution < 1.29 is 19.4 Å². The lowest BCUT2D eigenvalue weighted by Crippen LogP contribution is -2.30. The lowest BCUT2D eigenvalue weighted by atomic mass is 10.1. The number of likely N-dealkylation sites (N-methyl/N-ethyl adjacent to an activating group) is 1. The number of carboxylic acid groups (broad SMARTS) is 1. The highest BCUT2D eigenvalue weighted by Gasteiger charge is 2.11. The normalized spacial score (nSPS) is 10.3. The van der Waals surface area contributed by atoms with E-state index in [4.69, 9.17) is 21.4 Å². The van der Waals surface area contributed by atoms with Crippen LogP contribution in [-0.4, -0.2) is 35.5 Å². The molecule has 2 aromatic rings. The van der Waals surface area contributed by atoms with Crippen LogP contribution >= 0.6 is 22.9 Å². The number of carbonyl (C=O) groups excluding carboxylic acids is 1. The summed E-state index contributed by atoms with van der Waals surface area (Å²) in [4.78, 5) is 25.2. The van der Waals surface area contributed by atoms with Gasteiger partial charge in [-0.2, -0.15) is 0 Å². The molecule has 0 aliphatic rings. The Kier molecular flexibility index (Phi) is 6.01. The Labute approximate surface area is 143 Å². The smallest absolute Gasteiger partial charge is 0.307 e. The minimum atomic E-state index is -0.885. The second-order valence-electron chi connectivity index (χ2n) is 4.96. The van der Waals surface area contributed by atoms with E-state index in [-0.39, 0.29) is 18.9 Å². The summed E-state index contributed by atoms with van der Waals surface area (Å²) in [6.45, 7) is 0.408. The Hall–Kier alpha value is -2.05. The molecule has 23 heavy (non-hydrogen) atoms. The molecule has 7 heteroatoms. The van der Waals surface area contributed by atoms with Crippen LogP contribution in [0.1, 0.15) is 10.4 Å². The number of hydrogen-bond donors (Lipinski definition) is 1. The van der Waals surface area contributed by atoms with E-state index in [9.17, 15) is 9.59 Å². The number of ether oxygens (including phenoxy) is 1. The fourth-order valence-electron chi connectivity index (χ4n) is 1.89. The summed E-state index contributed by atoms with van der Waals surface area (Å²) in [5.41, 5.74) is 0.683. The molecule has 1 aromatic heterocycles. The quantitative estimate of drug-likeness (QED) is 0.830. The number of benzene rings is 1. The highest BCUT2D eigenvalue weighted by atomic mass is 35.5. The third-order valence-corrected chi connectivity index (χ3v) is 4.30. The van der Waals surface area contributed by atoms with Crippen LogP contribution in [0.4, 0.5) is 0 Å². The van der Waals surface area contributed by atoms with E-state index >= 15 is 0 Å². The molecule has 0 aliphatic carbocycles. The maximum atomic E-state index is 12.0. The molecule has 5 nitrogen and oxygen atoms in total. The van der Waals surface area contributed by atoms with Crippen LogP contribution in [0.5, 0.6) is 5.75 Å². The van der Waals surface area contributed by atoms with Crippen LogP contribution in [0.15, 0.2) is 36.4 Å². The number of aliphatic carboxylic acids is 1. The molecule has 122 valence electrons. The summed E-state index contributed by atoms with van der Waals surface area (Å²) in [5.74, 6) is -0.506. The van der Waals surface area contributed by atoms with Gasteiger partial charge in [0.1, 0.15) is 5.75 Å². The average Bonchev–Trinajstić information content (AvgIpc) is 2.90. The third kappa shape index (κ3) is 5.58. The summed E-state index contributed by atoms with van der Waals surface area (Å²) < 4.78 is 6.12. The minimum absolute atomic E-state index is 0.0364. The van der Waals surface area contributed by atoms with Gasteiger partial charge in [0.2, 0.25) is 0 Å². The second-order valence-corrected chi connectivity index (χ2v) is 6.76. The molecule has 0 fully saturated rings. The van der Waals surface area contributed by atoms with Crippen molar-refractivity contribution in [2.24, 2.45) is 0 Å². The second kappa shape index (κ2) is 7.99. The lowest BCUT2D eigenvalue weighted by Gasteiger charge is -2.16. The number of carbonyl (C=O) groups is 2. The topological polar surface area (TPSA) is 66.8 Å². The fraction of sp³-hybridized carbons (Fsp3) is 0.250. The van der Waals surface area contributed by atoms with Gasteiger partial charge in [0.25, 0.3) is 5.91 Å². The number of nitrogens with zero attached hydrogens (tertiary/aromatic N) is 1. The van der Waals surface area contributed by atoms with Gasteiger partial charge in [-0.05, 0) is 29.8 Å². The van der Waals surface area contributed by atoms with E-state index in [1.165, 1.54) is 11.3 Å². The molecule has 0 atom stereocenters. The molecule has 0 bridgehead atoms.